The SMILES string of the molecule is Cc1cc(C#N)cc(Nc2cc(C(F)(F)F)ccc2C)n1. The molecule has 6 heteroatoms. The number of pyridine rings is 1. The van der Waals surface area contributed by atoms with Gasteiger partial charge in [-0.3, -0.25) is 0 Å². The summed E-state index contributed by atoms with van der Waals surface area (Å²) in [6.45, 7) is 3.41. The lowest BCUT2D eigenvalue weighted by Crippen LogP contribution is -2.06. The summed E-state index contributed by atoms with van der Waals surface area (Å²) in [6, 6.07) is 8.54. The second kappa shape index (κ2) is 5.44. The molecule has 0 aliphatic carbocycles. The fraction of sp³-hybridized carbons (Fsp3) is 0.200. The van der Waals surface area contributed by atoms with Crippen molar-refractivity contribution in [3.8, 4) is 6.07 Å². The van der Waals surface area contributed by atoms with Gasteiger partial charge >= 0.3 is 6.18 Å². The van der Waals surface area contributed by atoms with Crippen molar-refractivity contribution in [1.29, 1.82) is 5.26 Å². The number of anilines is 2. The molecular weight excluding hydrogens is 279 g/mol. The number of nitrogens with zero attached hydrogens (tertiary/aromatic N) is 2. The Bertz CT molecular complexity index is 715. The summed E-state index contributed by atoms with van der Waals surface area (Å²) >= 11 is 0. The van der Waals surface area contributed by atoms with Gasteiger partial charge in [0.15, 0.2) is 0 Å². The van der Waals surface area contributed by atoms with Crippen LogP contribution in [0.3, 0.4) is 0 Å². The third-order valence-corrected chi connectivity index (χ3v) is 2.91. The lowest BCUT2D eigenvalue weighted by atomic mass is 10.1. The number of hydrogen-bond acceptors (Lipinski definition) is 3. The van der Waals surface area contributed by atoms with Crippen LogP contribution in [0.4, 0.5) is 24.7 Å². The van der Waals surface area contributed by atoms with E-state index in [-0.39, 0.29) is 0 Å². The Morgan fingerprint density at radius 2 is 1.86 bits per heavy atom. The summed E-state index contributed by atoms with van der Waals surface area (Å²) in [7, 11) is 0. The molecule has 3 nitrogen and oxygen atoms in total. The van der Waals surface area contributed by atoms with E-state index < -0.39 is 11.7 Å². The molecule has 0 radical (unpaired) electrons. The molecule has 0 aliphatic heterocycles. The van der Waals surface area contributed by atoms with E-state index >= 15 is 0 Å². The predicted molar refractivity (Wildman–Crippen MR) is 73.2 cm³/mol. The van der Waals surface area contributed by atoms with Gasteiger partial charge < -0.3 is 5.32 Å². The molecule has 108 valence electrons. The number of rotatable bonds is 2. The van der Waals surface area contributed by atoms with Crippen LogP contribution >= 0.6 is 0 Å². The zero-order chi connectivity index (χ0) is 15.6. The van der Waals surface area contributed by atoms with E-state index in [9.17, 15) is 13.2 Å². The van der Waals surface area contributed by atoms with Crippen LogP contribution in [-0.2, 0) is 6.18 Å². The van der Waals surface area contributed by atoms with Crippen LogP contribution in [-0.4, -0.2) is 4.98 Å². The third kappa shape index (κ3) is 3.51. The Kier molecular flexibility index (Phi) is 3.85. The van der Waals surface area contributed by atoms with Gasteiger partial charge in [0.25, 0.3) is 0 Å². The van der Waals surface area contributed by atoms with Crippen LogP contribution in [0, 0.1) is 25.2 Å². The monoisotopic (exact) mass is 291 g/mol. The van der Waals surface area contributed by atoms with Gasteiger partial charge in [-0.05, 0) is 43.7 Å². The minimum atomic E-state index is -4.40. The second-order valence-electron chi connectivity index (χ2n) is 4.65. The smallest absolute Gasteiger partial charge is 0.340 e. The fourth-order valence-corrected chi connectivity index (χ4v) is 1.87. The normalized spacial score (nSPS) is 11.0. The minimum absolute atomic E-state index is 0.312. The topological polar surface area (TPSA) is 48.7 Å². The number of nitrogens with one attached hydrogen (secondary N) is 1. The van der Waals surface area contributed by atoms with Gasteiger partial charge in [0.2, 0.25) is 0 Å². The largest absolute Gasteiger partial charge is 0.416 e. The summed E-state index contributed by atoms with van der Waals surface area (Å²) in [5.41, 5.74) is 1.25. The number of halogens is 3. The summed E-state index contributed by atoms with van der Waals surface area (Å²) < 4.78 is 38.2. The third-order valence-electron chi connectivity index (χ3n) is 2.91. The summed E-state index contributed by atoms with van der Waals surface area (Å²) in [4.78, 5) is 4.17. The molecule has 0 aliphatic rings. The first kappa shape index (κ1) is 14.9. The number of hydrogen-bond donors (Lipinski definition) is 1. The van der Waals surface area contributed by atoms with Crippen molar-refractivity contribution in [2.75, 3.05) is 5.32 Å². The van der Waals surface area contributed by atoms with Gasteiger partial charge in [-0.1, -0.05) is 6.07 Å². The Labute approximate surface area is 120 Å². The van der Waals surface area contributed by atoms with Gasteiger partial charge in [-0.15, -0.1) is 0 Å². The average molecular weight is 291 g/mol. The Morgan fingerprint density at radius 3 is 2.48 bits per heavy atom. The maximum Gasteiger partial charge on any atom is 0.416 e. The average Bonchev–Trinajstić information content (AvgIpc) is 2.39. The quantitative estimate of drug-likeness (QED) is 0.895. The number of nitriles is 1. The number of aryl methyl sites for hydroxylation is 2. The minimum Gasteiger partial charge on any atom is -0.340 e. The van der Waals surface area contributed by atoms with E-state index in [0.717, 1.165) is 12.1 Å². The van der Waals surface area contributed by atoms with Crippen LogP contribution in [0.5, 0.6) is 0 Å². The van der Waals surface area contributed by atoms with E-state index in [1.807, 2.05) is 6.07 Å². The van der Waals surface area contributed by atoms with Gasteiger partial charge in [-0.2, -0.15) is 18.4 Å². The molecule has 0 amide bonds. The summed E-state index contributed by atoms with van der Waals surface area (Å²) in [6.07, 6.45) is -4.40. The highest BCUT2D eigenvalue weighted by molar-refractivity contribution is 5.62. The lowest BCUT2D eigenvalue weighted by Gasteiger charge is -2.13. The number of alkyl halides is 3. The van der Waals surface area contributed by atoms with Crippen LogP contribution in [0.25, 0.3) is 0 Å². The van der Waals surface area contributed by atoms with Crippen LogP contribution in [0.15, 0.2) is 30.3 Å². The van der Waals surface area contributed by atoms with Crippen molar-refractivity contribution in [2.24, 2.45) is 0 Å². The molecule has 1 heterocycles. The molecule has 21 heavy (non-hydrogen) atoms. The number of benzene rings is 1. The fourth-order valence-electron chi connectivity index (χ4n) is 1.87. The van der Waals surface area contributed by atoms with Crippen LogP contribution < -0.4 is 5.32 Å². The van der Waals surface area contributed by atoms with E-state index in [0.29, 0.717) is 28.3 Å². The molecule has 1 aromatic carbocycles. The zero-order valence-corrected chi connectivity index (χ0v) is 11.4. The predicted octanol–water partition coefficient (Wildman–Crippen LogP) is 4.33. The lowest BCUT2D eigenvalue weighted by molar-refractivity contribution is -0.137. The highest BCUT2D eigenvalue weighted by Gasteiger charge is 2.30. The molecule has 0 bridgehead atoms. The first-order chi connectivity index (χ1) is 9.79. The van der Waals surface area contributed by atoms with Gasteiger partial charge in [0, 0.05) is 11.4 Å². The van der Waals surface area contributed by atoms with Crippen LogP contribution in [0.1, 0.15) is 22.4 Å². The standard InChI is InChI=1S/C15H12F3N3/c1-9-3-4-12(15(16,17)18)7-13(9)21-14-6-11(8-19)5-10(2)20-14/h3-7H,1-2H3,(H,20,21). The van der Waals surface area contributed by atoms with Gasteiger partial charge in [0.1, 0.15) is 5.82 Å². The molecule has 0 fully saturated rings. The highest BCUT2D eigenvalue weighted by Crippen LogP contribution is 2.32. The van der Waals surface area contributed by atoms with Crippen molar-refractivity contribution in [2.45, 2.75) is 20.0 Å². The maximum atomic E-state index is 12.7. The number of aromatic nitrogens is 1. The Morgan fingerprint density at radius 1 is 1.14 bits per heavy atom. The molecule has 2 aromatic rings. The van der Waals surface area contributed by atoms with Crippen molar-refractivity contribution in [1.82, 2.24) is 4.98 Å². The molecular formula is C15H12F3N3. The molecule has 0 atom stereocenters. The molecule has 1 N–H and O–H groups in total. The summed E-state index contributed by atoms with van der Waals surface area (Å²) in [5, 5.41) is 11.7. The zero-order valence-electron chi connectivity index (χ0n) is 11.4. The second-order valence-corrected chi connectivity index (χ2v) is 4.65. The first-order valence-electron chi connectivity index (χ1n) is 6.13. The van der Waals surface area contributed by atoms with Crippen molar-refractivity contribution >= 4 is 11.5 Å². The molecule has 0 saturated heterocycles. The Hall–Kier alpha value is -2.55. The van der Waals surface area contributed by atoms with E-state index in [2.05, 4.69) is 10.3 Å². The van der Waals surface area contributed by atoms with Gasteiger partial charge in [-0.25, -0.2) is 4.98 Å². The highest BCUT2D eigenvalue weighted by atomic mass is 19.4. The first-order valence-corrected chi connectivity index (χ1v) is 6.13. The molecule has 1 aromatic heterocycles. The molecule has 0 saturated carbocycles. The van der Waals surface area contributed by atoms with Crippen molar-refractivity contribution < 1.29 is 13.2 Å². The van der Waals surface area contributed by atoms with E-state index in [1.54, 1.807) is 19.9 Å². The maximum absolute atomic E-state index is 12.7. The summed E-state index contributed by atoms with van der Waals surface area (Å²) in [5.74, 6) is 0.342. The van der Waals surface area contributed by atoms with Gasteiger partial charge in [0.05, 0.1) is 17.2 Å². The molecule has 2 rings (SSSR count). The van der Waals surface area contributed by atoms with Crippen molar-refractivity contribution in [3.63, 3.8) is 0 Å². The molecule has 0 spiro atoms. The van der Waals surface area contributed by atoms with E-state index in [1.165, 1.54) is 12.1 Å². The van der Waals surface area contributed by atoms with E-state index in [4.69, 9.17) is 5.26 Å². The van der Waals surface area contributed by atoms with Crippen LogP contribution in [0.2, 0.25) is 0 Å². The van der Waals surface area contributed by atoms with Crippen molar-refractivity contribution in [3.05, 3.63) is 52.7 Å². The molecule has 0 unspecified atom stereocenters. The Balaban J connectivity index is 2.40.